The normalized spacial score (nSPS) is 10.9. The van der Waals surface area contributed by atoms with Crippen LogP contribution >= 0.6 is 11.6 Å². The number of aryl methyl sites for hydroxylation is 2. The van der Waals surface area contributed by atoms with E-state index in [9.17, 15) is 9.18 Å². The standard InChI is InChI=1S/C23H21ClFN5O2/c1-15-11-18(12-16(2)22(15)24)32-14-30-9-7-20(27-30)23(31)26-21-8-10-29(28-21)13-17-5-3-4-6-19(17)25/h3-12H,13-14H2,1-2H3,(H,26,28,31). The molecule has 0 fully saturated rings. The van der Waals surface area contributed by atoms with E-state index in [0.717, 1.165) is 11.1 Å². The molecule has 4 aromatic rings. The Morgan fingerprint density at radius 1 is 1.06 bits per heavy atom. The van der Waals surface area contributed by atoms with Crippen LogP contribution in [-0.2, 0) is 13.3 Å². The second kappa shape index (κ2) is 9.23. The van der Waals surface area contributed by atoms with Crippen LogP contribution in [0.4, 0.5) is 10.2 Å². The number of benzene rings is 2. The van der Waals surface area contributed by atoms with E-state index in [0.29, 0.717) is 22.2 Å². The highest BCUT2D eigenvalue weighted by Gasteiger charge is 2.12. The molecular weight excluding hydrogens is 433 g/mol. The number of rotatable bonds is 7. The second-order valence-corrected chi connectivity index (χ2v) is 7.71. The van der Waals surface area contributed by atoms with Crippen molar-refractivity contribution in [1.82, 2.24) is 19.6 Å². The SMILES string of the molecule is Cc1cc(OCn2ccc(C(=O)Nc3ccn(Cc4ccccc4F)n3)n2)cc(C)c1Cl. The first-order chi connectivity index (χ1) is 15.4. The van der Waals surface area contributed by atoms with Gasteiger partial charge in [0.15, 0.2) is 18.2 Å². The Kier molecular flexibility index (Phi) is 6.23. The van der Waals surface area contributed by atoms with Crippen LogP contribution < -0.4 is 10.1 Å². The summed E-state index contributed by atoms with van der Waals surface area (Å²) in [6.07, 6.45) is 3.33. The average Bonchev–Trinajstić information content (AvgIpc) is 3.42. The third kappa shape index (κ3) is 4.97. The highest BCUT2D eigenvalue weighted by Crippen LogP contribution is 2.26. The molecular formula is C23H21ClFN5O2. The van der Waals surface area contributed by atoms with Gasteiger partial charge in [-0.25, -0.2) is 9.07 Å². The fourth-order valence-corrected chi connectivity index (χ4v) is 3.29. The van der Waals surface area contributed by atoms with Crippen molar-refractivity contribution in [3.8, 4) is 5.75 Å². The molecule has 0 aliphatic heterocycles. The predicted octanol–water partition coefficient (Wildman–Crippen LogP) is 4.83. The summed E-state index contributed by atoms with van der Waals surface area (Å²) in [6, 6.07) is 13.4. The number of carbonyl (C=O) groups excluding carboxylic acids is 1. The van der Waals surface area contributed by atoms with Gasteiger partial charge in [-0.15, -0.1) is 0 Å². The number of halogens is 2. The van der Waals surface area contributed by atoms with E-state index in [4.69, 9.17) is 16.3 Å². The van der Waals surface area contributed by atoms with Gasteiger partial charge in [0.25, 0.3) is 5.91 Å². The van der Waals surface area contributed by atoms with Crippen LogP contribution in [0, 0.1) is 19.7 Å². The molecule has 1 N–H and O–H groups in total. The lowest BCUT2D eigenvalue weighted by Crippen LogP contribution is -2.15. The van der Waals surface area contributed by atoms with Crippen molar-refractivity contribution >= 4 is 23.3 Å². The zero-order chi connectivity index (χ0) is 22.7. The van der Waals surface area contributed by atoms with Crippen LogP contribution in [-0.4, -0.2) is 25.5 Å². The van der Waals surface area contributed by atoms with Gasteiger partial charge in [0.1, 0.15) is 11.6 Å². The van der Waals surface area contributed by atoms with Gasteiger partial charge in [0.2, 0.25) is 0 Å². The van der Waals surface area contributed by atoms with Gasteiger partial charge in [-0.1, -0.05) is 29.8 Å². The van der Waals surface area contributed by atoms with E-state index < -0.39 is 5.91 Å². The van der Waals surface area contributed by atoms with Crippen LogP contribution in [0.15, 0.2) is 60.9 Å². The highest BCUT2D eigenvalue weighted by atomic mass is 35.5. The minimum atomic E-state index is -0.405. The molecule has 7 nitrogen and oxygen atoms in total. The Hall–Kier alpha value is -3.65. The van der Waals surface area contributed by atoms with Gasteiger partial charge in [0, 0.05) is 29.0 Å². The summed E-state index contributed by atoms with van der Waals surface area (Å²) in [7, 11) is 0. The lowest BCUT2D eigenvalue weighted by Gasteiger charge is -2.10. The van der Waals surface area contributed by atoms with Crippen molar-refractivity contribution in [2.24, 2.45) is 0 Å². The molecule has 0 atom stereocenters. The largest absolute Gasteiger partial charge is 0.471 e. The predicted molar refractivity (Wildman–Crippen MR) is 119 cm³/mol. The lowest BCUT2D eigenvalue weighted by molar-refractivity contribution is 0.101. The fraction of sp³-hybridized carbons (Fsp3) is 0.174. The molecule has 9 heteroatoms. The van der Waals surface area contributed by atoms with Crippen LogP contribution in [0.3, 0.4) is 0 Å². The Bertz CT molecular complexity index is 1240. The molecule has 32 heavy (non-hydrogen) atoms. The number of amides is 1. The number of anilines is 1. The third-order valence-corrected chi connectivity index (χ3v) is 5.42. The van der Waals surface area contributed by atoms with E-state index in [1.54, 1.807) is 47.4 Å². The molecule has 0 aliphatic rings. The molecule has 0 saturated heterocycles. The fourth-order valence-electron chi connectivity index (χ4n) is 3.18. The Morgan fingerprint density at radius 2 is 1.78 bits per heavy atom. The summed E-state index contributed by atoms with van der Waals surface area (Å²) >= 11 is 6.18. The molecule has 1 amide bonds. The first-order valence-corrected chi connectivity index (χ1v) is 10.3. The maximum atomic E-state index is 13.8. The van der Waals surface area contributed by atoms with Crippen LogP contribution in [0.1, 0.15) is 27.2 Å². The summed E-state index contributed by atoms with van der Waals surface area (Å²) in [5, 5.41) is 11.9. The smallest absolute Gasteiger partial charge is 0.277 e. The molecule has 0 bridgehead atoms. The summed E-state index contributed by atoms with van der Waals surface area (Å²) in [4.78, 5) is 12.5. The molecule has 2 aromatic carbocycles. The summed E-state index contributed by atoms with van der Waals surface area (Å²) in [5.41, 5.74) is 2.59. The first kappa shape index (κ1) is 21.6. The molecule has 2 aromatic heterocycles. The van der Waals surface area contributed by atoms with E-state index >= 15 is 0 Å². The quantitative estimate of drug-likeness (QED) is 0.435. The minimum Gasteiger partial charge on any atom is -0.471 e. The molecule has 0 radical (unpaired) electrons. The van der Waals surface area contributed by atoms with Gasteiger partial charge in [-0.3, -0.25) is 9.48 Å². The summed E-state index contributed by atoms with van der Waals surface area (Å²) < 4.78 is 22.6. The number of nitrogens with one attached hydrogen (secondary N) is 1. The number of hydrogen-bond acceptors (Lipinski definition) is 4. The number of carbonyl (C=O) groups is 1. The molecule has 0 unspecified atom stereocenters. The average molecular weight is 454 g/mol. The Labute approximate surface area is 189 Å². The maximum Gasteiger partial charge on any atom is 0.277 e. The molecule has 164 valence electrons. The third-order valence-electron chi connectivity index (χ3n) is 4.82. The number of aromatic nitrogens is 4. The lowest BCUT2D eigenvalue weighted by atomic mass is 10.1. The van der Waals surface area contributed by atoms with Gasteiger partial charge in [-0.2, -0.15) is 10.2 Å². The van der Waals surface area contributed by atoms with Gasteiger partial charge in [-0.05, 0) is 49.2 Å². The number of hydrogen-bond donors (Lipinski definition) is 1. The second-order valence-electron chi connectivity index (χ2n) is 7.33. The van der Waals surface area contributed by atoms with E-state index in [-0.39, 0.29) is 24.8 Å². The van der Waals surface area contributed by atoms with Crippen molar-refractivity contribution in [3.63, 3.8) is 0 Å². The summed E-state index contributed by atoms with van der Waals surface area (Å²) in [5.74, 6) is 0.318. The molecule has 2 heterocycles. The van der Waals surface area contributed by atoms with Crippen molar-refractivity contribution in [2.45, 2.75) is 27.1 Å². The highest BCUT2D eigenvalue weighted by molar-refractivity contribution is 6.32. The van der Waals surface area contributed by atoms with Crippen LogP contribution in [0.2, 0.25) is 5.02 Å². The number of ether oxygens (including phenoxy) is 1. The zero-order valence-electron chi connectivity index (χ0n) is 17.5. The first-order valence-electron chi connectivity index (χ1n) is 9.90. The van der Waals surface area contributed by atoms with Gasteiger partial charge in [0.05, 0.1) is 6.54 Å². The summed E-state index contributed by atoms with van der Waals surface area (Å²) in [6.45, 7) is 4.23. The Balaban J connectivity index is 1.35. The maximum absolute atomic E-state index is 13.8. The van der Waals surface area contributed by atoms with Crippen molar-refractivity contribution in [2.75, 3.05) is 5.32 Å². The minimum absolute atomic E-state index is 0.144. The molecule has 0 spiro atoms. The monoisotopic (exact) mass is 453 g/mol. The van der Waals surface area contributed by atoms with E-state index in [1.807, 2.05) is 26.0 Å². The van der Waals surface area contributed by atoms with Gasteiger partial charge >= 0.3 is 0 Å². The Morgan fingerprint density at radius 3 is 2.53 bits per heavy atom. The van der Waals surface area contributed by atoms with Crippen LogP contribution in [0.5, 0.6) is 5.75 Å². The van der Waals surface area contributed by atoms with E-state index in [1.165, 1.54) is 10.7 Å². The van der Waals surface area contributed by atoms with Crippen molar-refractivity contribution < 1.29 is 13.9 Å². The molecule has 4 rings (SSSR count). The topological polar surface area (TPSA) is 74.0 Å². The molecule has 0 saturated carbocycles. The number of nitrogens with zero attached hydrogens (tertiary/aromatic N) is 4. The van der Waals surface area contributed by atoms with Crippen molar-refractivity contribution in [3.05, 3.63) is 94.1 Å². The van der Waals surface area contributed by atoms with Crippen LogP contribution in [0.25, 0.3) is 0 Å². The molecule has 0 aliphatic carbocycles. The van der Waals surface area contributed by atoms with E-state index in [2.05, 4.69) is 15.5 Å². The zero-order valence-corrected chi connectivity index (χ0v) is 18.3. The van der Waals surface area contributed by atoms with Gasteiger partial charge < -0.3 is 10.1 Å². The van der Waals surface area contributed by atoms with Crippen molar-refractivity contribution in [1.29, 1.82) is 0 Å².